The van der Waals surface area contributed by atoms with E-state index in [0.717, 1.165) is 26.2 Å². The van der Waals surface area contributed by atoms with E-state index < -0.39 is 0 Å². The van der Waals surface area contributed by atoms with Gasteiger partial charge in [-0.15, -0.1) is 0 Å². The van der Waals surface area contributed by atoms with Gasteiger partial charge in [0.05, 0.1) is 0 Å². The Hall–Kier alpha value is -0.220. The summed E-state index contributed by atoms with van der Waals surface area (Å²) in [5.74, 6) is 0. The quantitative estimate of drug-likeness (QED) is 0.644. The van der Waals surface area contributed by atoms with Gasteiger partial charge >= 0.3 is 0 Å². The predicted octanol–water partition coefficient (Wildman–Crippen LogP) is 1.50. The summed E-state index contributed by atoms with van der Waals surface area (Å²) in [5.41, 5.74) is 0. The molecule has 0 saturated carbocycles. The summed E-state index contributed by atoms with van der Waals surface area (Å²) < 4.78 is 0. The van der Waals surface area contributed by atoms with Crippen molar-refractivity contribution in [2.24, 2.45) is 0 Å². The van der Waals surface area contributed by atoms with E-state index in [1.807, 2.05) is 11.2 Å². The van der Waals surface area contributed by atoms with Crippen LogP contribution >= 0.6 is 11.8 Å². The lowest BCUT2D eigenvalue weighted by Crippen LogP contribution is -2.49. The molecule has 0 N–H and O–H groups in total. The van der Waals surface area contributed by atoms with E-state index in [9.17, 15) is 4.79 Å². The van der Waals surface area contributed by atoms with Crippen LogP contribution in [-0.4, -0.2) is 53.5 Å². The number of carbonyl (C=O) groups excluding carboxylic acids is 1. The molecule has 1 saturated heterocycles. The van der Waals surface area contributed by atoms with Gasteiger partial charge in [-0.1, -0.05) is 11.8 Å². The molecule has 1 aliphatic heterocycles. The van der Waals surface area contributed by atoms with Crippen LogP contribution in [0, 0.1) is 0 Å². The van der Waals surface area contributed by atoms with Crippen LogP contribution in [-0.2, 0) is 0 Å². The monoisotopic (exact) mass is 202 g/mol. The highest BCUT2D eigenvalue weighted by molar-refractivity contribution is 8.12. The maximum Gasteiger partial charge on any atom is 0.281 e. The number of hydrogen-bond acceptors (Lipinski definition) is 3. The molecule has 0 unspecified atom stereocenters. The van der Waals surface area contributed by atoms with Gasteiger partial charge in [0, 0.05) is 32.2 Å². The zero-order chi connectivity index (χ0) is 9.84. The molecule has 0 aromatic carbocycles. The molecule has 0 aromatic rings. The largest absolute Gasteiger partial charge is 0.331 e. The van der Waals surface area contributed by atoms with E-state index >= 15 is 0 Å². The maximum atomic E-state index is 11.3. The first-order valence-corrected chi connectivity index (χ1v) is 5.94. The van der Waals surface area contributed by atoms with Crippen molar-refractivity contribution in [2.75, 3.05) is 32.4 Å². The van der Waals surface area contributed by atoms with Gasteiger partial charge in [0.15, 0.2) is 0 Å². The molecule has 4 heteroatoms. The fourth-order valence-corrected chi connectivity index (χ4v) is 1.99. The standard InChI is InChI=1S/C9H18N2OS/c1-8(2)10-4-6-11(7-5-10)9(12)13-3/h8H,4-7H2,1-3H3. The van der Waals surface area contributed by atoms with Crippen LogP contribution in [0.25, 0.3) is 0 Å². The van der Waals surface area contributed by atoms with Crippen molar-refractivity contribution in [3.63, 3.8) is 0 Å². The maximum absolute atomic E-state index is 11.3. The molecule has 0 bridgehead atoms. The van der Waals surface area contributed by atoms with Gasteiger partial charge in [0.1, 0.15) is 0 Å². The predicted molar refractivity (Wildman–Crippen MR) is 57.2 cm³/mol. The SMILES string of the molecule is CSC(=O)N1CCN(C(C)C)CC1. The van der Waals surface area contributed by atoms with Crippen molar-refractivity contribution in [1.82, 2.24) is 9.80 Å². The van der Waals surface area contributed by atoms with Crippen LogP contribution in [0.15, 0.2) is 0 Å². The summed E-state index contributed by atoms with van der Waals surface area (Å²) in [6, 6.07) is 0.603. The lowest BCUT2D eigenvalue weighted by molar-refractivity contribution is 0.130. The van der Waals surface area contributed by atoms with Crippen LogP contribution in [0.5, 0.6) is 0 Å². The molecule has 0 aromatic heterocycles. The van der Waals surface area contributed by atoms with Crippen molar-refractivity contribution in [1.29, 1.82) is 0 Å². The van der Waals surface area contributed by atoms with Crippen LogP contribution in [0.1, 0.15) is 13.8 Å². The van der Waals surface area contributed by atoms with E-state index in [1.54, 1.807) is 0 Å². The molecule has 1 amide bonds. The third-order valence-electron chi connectivity index (χ3n) is 2.48. The highest BCUT2D eigenvalue weighted by atomic mass is 32.2. The summed E-state index contributed by atoms with van der Waals surface area (Å²) in [5, 5.41) is 0.211. The second-order valence-electron chi connectivity index (χ2n) is 3.59. The third kappa shape index (κ3) is 2.88. The zero-order valence-corrected chi connectivity index (χ0v) is 9.43. The summed E-state index contributed by atoms with van der Waals surface area (Å²) >= 11 is 1.31. The summed E-state index contributed by atoms with van der Waals surface area (Å²) in [7, 11) is 0. The first-order valence-electron chi connectivity index (χ1n) is 4.72. The Morgan fingerprint density at radius 2 is 1.77 bits per heavy atom. The fourth-order valence-electron chi connectivity index (χ4n) is 1.55. The third-order valence-corrected chi connectivity index (χ3v) is 3.08. The molecular formula is C9H18N2OS. The van der Waals surface area contributed by atoms with Crippen LogP contribution in [0.3, 0.4) is 0 Å². The normalized spacial score (nSPS) is 19.5. The Kier molecular flexibility index (Phi) is 4.06. The lowest BCUT2D eigenvalue weighted by atomic mass is 10.2. The minimum absolute atomic E-state index is 0.211. The molecule has 1 heterocycles. The first kappa shape index (κ1) is 10.9. The Balaban J connectivity index is 2.34. The Morgan fingerprint density at radius 3 is 2.15 bits per heavy atom. The Bertz CT molecular complexity index is 176. The van der Waals surface area contributed by atoms with Gasteiger partial charge in [-0.2, -0.15) is 0 Å². The summed E-state index contributed by atoms with van der Waals surface area (Å²) in [4.78, 5) is 15.7. The number of piperazine rings is 1. The van der Waals surface area contributed by atoms with E-state index in [4.69, 9.17) is 0 Å². The molecule has 76 valence electrons. The van der Waals surface area contributed by atoms with Crippen LogP contribution < -0.4 is 0 Å². The first-order chi connectivity index (χ1) is 6.15. The van der Waals surface area contributed by atoms with Gasteiger partial charge in [-0.25, -0.2) is 0 Å². The minimum atomic E-state index is 0.211. The highest BCUT2D eigenvalue weighted by Crippen LogP contribution is 2.10. The topological polar surface area (TPSA) is 23.6 Å². The van der Waals surface area contributed by atoms with Crippen LogP contribution in [0.2, 0.25) is 0 Å². The Morgan fingerprint density at radius 1 is 1.23 bits per heavy atom. The molecule has 0 radical (unpaired) electrons. The number of thioether (sulfide) groups is 1. The van der Waals surface area contributed by atoms with E-state index in [1.165, 1.54) is 11.8 Å². The number of nitrogens with zero attached hydrogens (tertiary/aromatic N) is 2. The smallest absolute Gasteiger partial charge is 0.281 e. The molecule has 0 spiro atoms. The van der Waals surface area contributed by atoms with Crippen LogP contribution in [0.4, 0.5) is 4.79 Å². The van der Waals surface area contributed by atoms with Crippen molar-refractivity contribution in [2.45, 2.75) is 19.9 Å². The average molecular weight is 202 g/mol. The van der Waals surface area contributed by atoms with Gasteiger partial charge in [0.2, 0.25) is 0 Å². The number of amides is 1. The fraction of sp³-hybridized carbons (Fsp3) is 0.889. The minimum Gasteiger partial charge on any atom is -0.331 e. The second-order valence-corrected chi connectivity index (χ2v) is 4.34. The lowest BCUT2D eigenvalue weighted by Gasteiger charge is -2.36. The molecule has 13 heavy (non-hydrogen) atoms. The summed E-state index contributed by atoms with van der Waals surface area (Å²) in [6.07, 6.45) is 1.84. The van der Waals surface area contributed by atoms with Crippen molar-refractivity contribution in [3.05, 3.63) is 0 Å². The van der Waals surface area contributed by atoms with E-state index in [-0.39, 0.29) is 5.24 Å². The second kappa shape index (κ2) is 4.86. The van der Waals surface area contributed by atoms with Gasteiger partial charge < -0.3 is 4.90 Å². The molecule has 1 rings (SSSR count). The number of carbonyl (C=O) groups is 1. The average Bonchev–Trinajstić information content (AvgIpc) is 2.17. The Labute approximate surface area is 84.5 Å². The summed E-state index contributed by atoms with van der Waals surface area (Å²) in [6.45, 7) is 8.21. The van der Waals surface area contributed by atoms with Gasteiger partial charge in [-0.3, -0.25) is 9.69 Å². The van der Waals surface area contributed by atoms with Crippen molar-refractivity contribution >= 4 is 17.0 Å². The molecule has 1 fully saturated rings. The van der Waals surface area contributed by atoms with Crippen molar-refractivity contribution in [3.8, 4) is 0 Å². The highest BCUT2D eigenvalue weighted by Gasteiger charge is 2.21. The number of rotatable bonds is 1. The van der Waals surface area contributed by atoms with Crippen molar-refractivity contribution < 1.29 is 4.79 Å². The van der Waals surface area contributed by atoms with E-state index in [2.05, 4.69) is 18.7 Å². The molecule has 0 aliphatic carbocycles. The molecular weight excluding hydrogens is 184 g/mol. The molecule has 1 aliphatic rings. The molecule has 0 atom stereocenters. The van der Waals surface area contributed by atoms with Gasteiger partial charge in [-0.05, 0) is 20.1 Å². The van der Waals surface area contributed by atoms with E-state index in [0.29, 0.717) is 6.04 Å². The zero-order valence-electron chi connectivity index (χ0n) is 8.62. The molecule has 3 nitrogen and oxygen atoms in total. The number of hydrogen-bond donors (Lipinski definition) is 0. The van der Waals surface area contributed by atoms with Gasteiger partial charge in [0.25, 0.3) is 5.24 Å².